The number of benzene rings is 2. The van der Waals surface area contributed by atoms with E-state index < -0.39 is 10.0 Å². The minimum atomic E-state index is -3.50. The van der Waals surface area contributed by atoms with E-state index in [1.54, 1.807) is 12.1 Å². The number of hydrogen-bond donors (Lipinski definition) is 2. The second-order valence-corrected chi connectivity index (χ2v) is 6.51. The zero-order valence-electron chi connectivity index (χ0n) is 11.8. The smallest absolute Gasteiger partial charge is 0.241 e. The van der Waals surface area contributed by atoms with Crippen LogP contribution in [0, 0.1) is 0 Å². The molecule has 0 amide bonds. The fraction of sp³-hybridized carbons (Fsp3) is 0.286. The van der Waals surface area contributed by atoms with Crippen molar-refractivity contribution < 1.29 is 14.2 Å². The molecule has 0 radical (unpaired) electrons. The molecular formula is C14H20N3O2S+. The van der Waals surface area contributed by atoms with Gasteiger partial charge in [-0.1, -0.05) is 24.3 Å². The Balaban J connectivity index is 2.64. The first-order chi connectivity index (χ1) is 9.47. The Morgan fingerprint density at radius 2 is 1.75 bits per heavy atom. The molecular weight excluding hydrogens is 274 g/mol. The van der Waals surface area contributed by atoms with Gasteiger partial charge in [0.25, 0.3) is 0 Å². The van der Waals surface area contributed by atoms with Gasteiger partial charge in [-0.3, -0.25) is 0 Å². The zero-order chi connectivity index (χ0) is 14.8. The third kappa shape index (κ3) is 2.77. The maximum absolute atomic E-state index is 12.3. The monoisotopic (exact) mass is 294 g/mol. The summed E-state index contributed by atoms with van der Waals surface area (Å²) in [6.07, 6.45) is 0. The summed E-state index contributed by atoms with van der Waals surface area (Å²) in [4.78, 5) is 2.29. The van der Waals surface area contributed by atoms with E-state index in [0.717, 1.165) is 16.5 Å². The number of nitrogens with zero attached hydrogens (tertiary/aromatic N) is 1. The van der Waals surface area contributed by atoms with Crippen molar-refractivity contribution in [3.8, 4) is 0 Å². The number of rotatable bonds is 5. The topological polar surface area (TPSA) is 77.1 Å². The molecule has 2 rings (SSSR count). The van der Waals surface area contributed by atoms with Crippen LogP contribution in [0.1, 0.15) is 0 Å². The zero-order valence-corrected chi connectivity index (χ0v) is 12.6. The first-order valence-electron chi connectivity index (χ1n) is 6.45. The summed E-state index contributed by atoms with van der Waals surface area (Å²) in [6.45, 7) is 0.860. The van der Waals surface area contributed by atoms with Crippen LogP contribution >= 0.6 is 0 Å². The number of quaternary nitrogens is 1. The van der Waals surface area contributed by atoms with Crippen LogP contribution in [0.3, 0.4) is 0 Å². The van der Waals surface area contributed by atoms with Crippen LogP contribution in [0.2, 0.25) is 0 Å². The number of nitrogens with one attached hydrogen (secondary N) is 1. The Labute approximate surface area is 119 Å². The Bertz CT molecular complexity index is 711. The van der Waals surface area contributed by atoms with Gasteiger partial charge >= 0.3 is 0 Å². The highest BCUT2D eigenvalue weighted by Crippen LogP contribution is 2.29. The Morgan fingerprint density at radius 3 is 2.40 bits per heavy atom. The van der Waals surface area contributed by atoms with Crippen molar-refractivity contribution in [3.05, 3.63) is 36.4 Å². The van der Waals surface area contributed by atoms with Crippen molar-refractivity contribution in [1.29, 1.82) is 0 Å². The Morgan fingerprint density at radius 1 is 1.10 bits per heavy atom. The molecule has 0 aliphatic carbocycles. The normalized spacial score (nSPS) is 11.8. The molecule has 0 saturated carbocycles. The van der Waals surface area contributed by atoms with Gasteiger partial charge in [0.15, 0.2) is 0 Å². The molecule has 6 heteroatoms. The summed E-state index contributed by atoms with van der Waals surface area (Å²) in [7, 11) is 0.383. The second-order valence-electron chi connectivity index (χ2n) is 4.77. The third-order valence-electron chi connectivity index (χ3n) is 3.10. The first-order valence-corrected chi connectivity index (χ1v) is 7.93. The predicted molar refractivity (Wildman–Crippen MR) is 81.2 cm³/mol. The van der Waals surface area contributed by atoms with Crippen molar-refractivity contribution in [2.24, 2.45) is 0 Å². The summed E-state index contributed by atoms with van der Waals surface area (Å²) in [5, 5.41) is 1.66. The summed E-state index contributed by atoms with van der Waals surface area (Å²) in [5.74, 6) is 0. The van der Waals surface area contributed by atoms with Crippen LogP contribution in [0.25, 0.3) is 10.8 Å². The van der Waals surface area contributed by atoms with Gasteiger partial charge < -0.3 is 10.6 Å². The Kier molecular flexibility index (Phi) is 4.27. The highest BCUT2D eigenvalue weighted by Gasteiger charge is 2.17. The van der Waals surface area contributed by atoms with Gasteiger partial charge in [-0.25, -0.2) is 13.1 Å². The van der Waals surface area contributed by atoms with E-state index in [1.165, 1.54) is 0 Å². The third-order valence-corrected chi connectivity index (χ3v) is 4.62. The molecule has 0 fully saturated rings. The number of anilines is 1. The molecule has 0 saturated heterocycles. The molecule has 108 valence electrons. The van der Waals surface area contributed by atoms with E-state index in [0.29, 0.717) is 18.0 Å². The molecule has 0 aliphatic heterocycles. The standard InChI is InChI=1S/C14H19N3O2S/c1-17(2)13-7-3-6-12-11(13)5-4-8-14(12)20(18,19)16-10-9-15/h3-8,16H,9-10,15H2,1-2H3/p+1. The minimum Gasteiger partial charge on any atom is -0.377 e. The Hall–Kier alpha value is -1.63. The van der Waals surface area contributed by atoms with E-state index in [2.05, 4.69) is 10.5 Å². The summed E-state index contributed by atoms with van der Waals surface area (Å²) in [6, 6.07) is 11.0. The fourth-order valence-electron chi connectivity index (χ4n) is 2.17. The van der Waals surface area contributed by atoms with Crippen LogP contribution in [0.4, 0.5) is 5.69 Å². The molecule has 0 heterocycles. The summed E-state index contributed by atoms with van der Waals surface area (Å²) < 4.78 is 27.2. The van der Waals surface area contributed by atoms with Crippen LogP contribution in [0.5, 0.6) is 0 Å². The van der Waals surface area contributed by atoms with E-state index in [1.807, 2.05) is 43.3 Å². The minimum absolute atomic E-state index is 0.312. The fourth-order valence-corrected chi connectivity index (χ4v) is 3.47. The molecule has 0 unspecified atom stereocenters. The molecule has 0 bridgehead atoms. The lowest BCUT2D eigenvalue weighted by Gasteiger charge is -2.17. The second kappa shape index (κ2) is 5.78. The van der Waals surface area contributed by atoms with E-state index in [9.17, 15) is 8.42 Å². The van der Waals surface area contributed by atoms with Crippen LogP contribution in [-0.2, 0) is 10.0 Å². The van der Waals surface area contributed by atoms with Crippen molar-refractivity contribution in [2.45, 2.75) is 4.90 Å². The van der Waals surface area contributed by atoms with Crippen LogP contribution in [0.15, 0.2) is 41.3 Å². The molecule has 4 N–H and O–H groups in total. The van der Waals surface area contributed by atoms with Crippen molar-refractivity contribution in [1.82, 2.24) is 4.72 Å². The maximum Gasteiger partial charge on any atom is 0.241 e. The molecule has 0 spiro atoms. The van der Waals surface area contributed by atoms with Crippen molar-refractivity contribution in [3.63, 3.8) is 0 Å². The van der Waals surface area contributed by atoms with Gasteiger partial charge in [-0.2, -0.15) is 0 Å². The van der Waals surface area contributed by atoms with E-state index in [4.69, 9.17) is 0 Å². The highest BCUT2D eigenvalue weighted by molar-refractivity contribution is 7.89. The first kappa shape index (κ1) is 14.8. The van der Waals surface area contributed by atoms with Crippen molar-refractivity contribution >= 4 is 26.5 Å². The van der Waals surface area contributed by atoms with Gasteiger partial charge in [0, 0.05) is 30.6 Å². The summed E-state index contributed by atoms with van der Waals surface area (Å²) in [5.41, 5.74) is 4.65. The van der Waals surface area contributed by atoms with Crippen LogP contribution in [-0.4, -0.2) is 35.6 Å². The molecule has 0 atom stereocenters. The molecule has 0 aliphatic rings. The SMILES string of the molecule is CN(C)c1cccc2c(S(=O)(=O)NCC[NH3+])cccc12. The molecule has 5 nitrogen and oxygen atoms in total. The van der Waals surface area contributed by atoms with E-state index in [-0.39, 0.29) is 0 Å². The molecule has 0 aromatic heterocycles. The van der Waals surface area contributed by atoms with Gasteiger partial charge in [0.1, 0.15) is 0 Å². The number of hydrogen-bond acceptors (Lipinski definition) is 3. The van der Waals surface area contributed by atoms with Gasteiger partial charge in [-0.15, -0.1) is 0 Å². The van der Waals surface area contributed by atoms with E-state index >= 15 is 0 Å². The summed E-state index contributed by atoms with van der Waals surface area (Å²) >= 11 is 0. The molecule has 2 aromatic rings. The van der Waals surface area contributed by atoms with Gasteiger partial charge in [0.05, 0.1) is 18.0 Å². The quantitative estimate of drug-likeness (QED) is 0.839. The lowest BCUT2D eigenvalue weighted by molar-refractivity contribution is -0.364. The number of fused-ring (bicyclic) bond motifs is 1. The average Bonchev–Trinajstić information content (AvgIpc) is 2.43. The molecule has 2 aromatic carbocycles. The largest absolute Gasteiger partial charge is 0.377 e. The van der Waals surface area contributed by atoms with Gasteiger partial charge in [-0.05, 0) is 12.1 Å². The lowest BCUT2D eigenvalue weighted by atomic mass is 10.1. The predicted octanol–water partition coefficient (Wildman–Crippen LogP) is 0.426. The lowest BCUT2D eigenvalue weighted by Crippen LogP contribution is -2.54. The maximum atomic E-state index is 12.3. The number of sulfonamides is 1. The van der Waals surface area contributed by atoms with Gasteiger partial charge in [0.2, 0.25) is 10.0 Å². The highest BCUT2D eigenvalue weighted by atomic mass is 32.2. The van der Waals surface area contributed by atoms with Crippen LogP contribution < -0.4 is 15.4 Å². The van der Waals surface area contributed by atoms with Crippen molar-refractivity contribution in [2.75, 3.05) is 32.1 Å². The average molecular weight is 294 g/mol. The molecule has 20 heavy (non-hydrogen) atoms.